The summed E-state index contributed by atoms with van der Waals surface area (Å²) in [6.07, 6.45) is 0.0697. The van der Waals surface area contributed by atoms with Gasteiger partial charge in [0.2, 0.25) is 0 Å². The van der Waals surface area contributed by atoms with Gasteiger partial charge in [-0.25, -0.2) is 13.2 Å². The fourth-order valence-electron chi connectivity index (χ4n) is 1.90. The number of carbonyl (C=O) groups is 2. The van der Waals surface area contributed by atoms with Gasteiger partial charge in [-0.3, -0.25) is 4.79 Å². The molecule has 0 aliphatic rings. The fraction of sp³-hybridized carbons (Fsp3) is 0.176. The number of hydrogen-bond donors (Lipinski definition) is 1. The predicted molar refractivity (Wildman–Crippen MR) is 97.2 cm³/mol. The second-order valence-electron chi connectivity index (χ2n) is 5.34. The number of esters is 1. The van der Waals surface area contributed by atoms with Gasteiger partial charge >= 0.3 is 5.97 Å². The highest BCUT2D eigenvalue weighted by Crippen LogP contribution is 2.15. The van der Waals surface area contributed by atoms with E-state index in [-0.39, 0.29) is 10.5 Å². The normalized spacial score (nSPS) is 12.3. The van der Waals surface area contributed by atoms with Gasteiger partial charge in [-0.05, 0) is 55.5 Å². The number of ether oxygens (including phenoxy) is 1. The number of nitrogens with one attached hydrogen (secondary N) is 1. The zero-order chi connectivity index (χ0) is 18.6. The van der Waals surface area contributed by atoms with Crippen molar-refractivity contribution >= 4 is 43.3 Å². The first kappa shape index (κ1) is 19.1. The molecule has 2 rings (SSSR count). The van der Waals surface area contributed by atoms with Crippen LogP contribution in [0.4, 0.5) is 5.69 Å². The van der Waals surface area contributed by atoms with Crippen LogP contribution in [0.2, 0.25) is 0 Å². The molecule has 0 spiro atoms. The van der Waals surface area contributed by atoms with E-state index in [4.69, 9.17) is 4.74 Å². The van der Waals surface area contributed by atoms with Crippen molar-refractivity contribution in [2.75, 3.05) is 11.6 Å². The molecule has 0 heterocycles. The van der Waals surface area contributed by atoms with Gasteiger partial charge in [-0.2, -0.15) is 0 Å². The van der Waals surface area contributed by atoms with Crippen LogP contribution in [-0.2, 0) is 19.4 Å². The van der Waals surface area contributed by atoms with E-state index in [1.807, 2.05) is 0 Å². The summed E-state index contributed by atoms with van der Waals surface area (Å²) in [5.41, 5.74) is 0.740. The number of rotatable bonds is 5. The third-order valence-electron chi connectivity index (χ3n) is 3.28. The molecule has 1 amide bonds. The van der Waals surface area contributed by atoms with E-state index in [0.717, 1.165) is 10.7 Å². The van der Waals surface area contributed by atoms with Gasteiger partial charge in [0, 0.05) is 16.4 Å². The Labute approximate surface area is 154 Å². The van der Waals surface area contributed by atoms with E-state index in [9.17, 15) is 18.0 Å². The molecule has 1 unspecified atom stereocenters. The van der Waals surface area contributed by atoms with Crippen molar-refractivity contribution in [2.45, 2.75) is 17.9 Å². The standard InChI is InChI=1S/C17H16BrNO5S/c1-11(16(20)19-14-7-5-13(18)6-8-14)24-17(21)12-3-9-15(10-4-12)25(2,22)23/h3-11H,1-2H3,(H,19,20). The van der Waals surface area contributed by atoms with E-state index in [0.29, 0.717) is 5.69 Å². The van der Waals surface area contributed by atoms with E-state index in [1.165, 1.54) is 31.2 Å². The molecule has 0 radical (unpaired) electrons. The molecule has 1 atom stereocenters. The maximum Gasteiger partial charge on any atom is 0.338 e. The average Bonchev–Trinajstić information content (AvgIpc) is 2.56. The van der Waals surface area contributed by atoms with Crippen LogP contribution in [0.1, 0.15) is 17.3 Å². The average molecular weight is 426 g/mol. The highest BCUT2D eigenvalue weighted by molar-refractivity contribution is 9.10. The third kappa shape index (κ3) is 5.40. The molecule has 6 nitrogen and oxygen atoms in total. The van der Waals surface area contributed by atoms with Gasteiger partial charge in [0.05, 0.1) is 10.5 Å². The molecule has 0 aliphatic heterocycles. The molecular formula is C17H16BrNO5S. The summed E-state index contributed by atoms with van der Waals surface area (Å²) in [6.45, 7) is 1.46. The van der Waals surface area contributed by atoms with Crippen molar-refractivity contribution < 1.29 is 22.7 Å². The summed E-state index contributed by atoms with van der Waals surface area (Å²) < 4.78 is 28.8. The van der Waals surface area contributed by atoms with E-state index in [1.54, 1.807) is 24.3 Å². The number of anilines is 1. The minimum absolute atomic E-state index is 0.102. The summed E-state index contributed by atoms with van der Waals surface area (Å²) in [6, 6.07) is 12.3. The molecule has 0 fully saturated rings. The Hall–Kier alpha value is -2.19. The Morgan fingerprint density at radius 1 is 1.04 bits per heavy atom. The molecule has 2 aromatic rings. The smallest absolute Gasteiger partial charge is 0.338 e. The zero-order valence-electron chi connectivity index (χ0n) is 13.5. The monoisotopic (exact) mass is 425 g/mol. The quantitative estimate of drug-likeness (QED) is 0.743. The Kier molecular flexibility index (Phi) is 5.97. The van der Waals surface area contributed by atoms with Crippen molar-refractivity contribution in [3.05, 3.63) is 58.6 Å². The Bertz CT molecular complexity index is 876. The fourth-order valence-corrected chi connectivity index (χ4v) is 2.79. The van der Waals surface area contributed by atoms with Crippen LogP contribution in [0, 0.1) is 0 Å². The first-order valence-electron chi connectivity index (χ1n) is 7.24. The number of benzene rings is 2. The molecule has 0 saturated carbocycles. The van der Waals surface area contributed by atoms with Crippen LogP contribution in [0.15, 0.2) is 57.9 Å². The molecule has 8 heteroatoms. The second-order valence-corrected chi connectivity index (χ2v) is 8.27. The molecule has 132 valence electrons. The number of carbonyl (C=O) groups excluding carboxylic acids is 2. The zero-order valence-corrected chi connectivity index (χ0v) is 15.9. The van der Waals surface area contributed by atoms with Crippen molar-refractivity contribution in [3.8, 4) is 0 Å². The van der Waals surface area contributed by atoms with Crippen LogP contribution in [-0.4, -0.2) is 32.7 Å². The van der Waals surface area contributed by atoms with Crippen molar-refractivity contribution in [3.63, 3.8) is 0 Å². The first-order chi connectivity index (χ1) is 11.7. The van der Waals surface area contributed by atoms with Crippen molar-refractivity contribution in [2.24, 2.45) is 0 Å². The largest absolute Gasteiger partial charge is 0.449 e. The number of halogens is 1. The van der Waals surface area contributed by atoms with Crippen LogP contribution >= 0.6 is 15.9 Å². The van der Waals surface area contributed by atoms with Gasteiger partial charge < -0.3 is 10.1 Å². The molecule has 0 aromatic heterocycles. The summed E-state index contributed by atoms with van der Waals surface area (Å²) in [4.78, 5) is 24.2. The summed E-state index contributed by atoms with van der Waals surface area (Å²) in [5, 5.41) is 2.64. The van der Waals surface area contributed by atoms with Gasteiger partial charge in [0.1, 0.15) is 0 Å². The van der Waals surface area contributed by atoms with Crippen LogP contribution in [0.3, 0.4) is 0 Å². The third-order valence-corrected chi connectivity index (χ3v) is 4.94. The van der Waals surface area contributed by atoms with Crippen LogP contribution < -0.4 is 5.32 Å². The SMILES string of the molecule is CC(OC(=O)c1ccc(S(C)(=O)=O)cc1)C(=O)Nc1ccc(Br)cc1. The summed E-state index contributed by atoms with van der Waals surface area (Å²) >= 11 is 3.30. The summed E-state index contributed by atoms with van der Waals surface area (Å²) in [5.74, 6) is -1.18. The Morgan fingerprint density at radius 3 is 2.12 bits per heavy atom. The minimum Gasteiger partial charge on any atom is -0.449 e. The molecule has 25 heavy (non-hydrogen) atoms. The van der Waals surface area contributed by atoms with Gasteiger partial charge in [0.15, 0.2) is 15.9 Å². The van der Waals surface area contributed by atoms with Crippen LogP contribution in [0.25, 0.3) is 0 Å². The lowest BCUT2D eigenvalue weighted by Gasteiger charge is -2.13. The van der Waals surface area contributed by atoms with Crippen molar-refractivity contribution in [1.82, 2.24) is 0 Å². The van der Waals surface area contributed by atoms with Gasteiger partial charge in [0.25, 0.3) is 5.91 Å². The maximum atomic E-state index is 12.1. The molecule has 0 saturated heterocycles. The van der Waals surface area contributed by atoms with E-state index in [2.05, 4.69) is 21.2 Å². The van der Waals surface area contributed by atoms with E-state index < -0.39 is 27.8 Å². The maximum absolute atomic E-state index is 12.1. The highest BCUT2D eigenvalue weighted by Gasteiger charge is 2.19. The highest BCUT2D eigenvalue weighted by atomic mass is 79.9. The molecular weight excluding hydrogens is 410 g/mol. The van der Waals surface area contributed by atoms with Crippen LogP contribution in [0.5, 0.6) is 0 Å². The summed E-state index contributed by atoms with van der Waals surface area (Å²) in [7, 11) is -3.34. The topological polar surface area (TPSA) is 89.5 Å². The Morgan fingerprint density at radius 2 is 1.60 bits per heavy atom. The molecule has 2 aromatic carbocycles. The lowest BCUT2D eigenvalue weighted by atomic mass is 10.2. The van der Waals surface area contributed by atoms with Gasteiger partial charge in [-0.1, -0.05) is 15.9 Å². The number of hydrogen-bond acceptors (Lipinski definition) is 5. The molecule has 0 aliphatic carbocycles. The predicted octanol–water partition coefficient (Wildman–Crippen LogP) is 3.04. The lowest BCUT2D eigenvalue weighted by Crippen LogP contribution is -2.30. The number of sulfone groups is 1. The first-order valence-corrected chi connectivity index (χ1v) is 9.93. The second kappa shape index (κ2) is 7.79. The number of amides is 1. The molecule has 1 N–H and O–H groups in total. The van der Waals surface area contributed by atoms with E-state index >= 15 is 0 Å². The van der Waals surface area contributed by atoms with Crippen molar-refractivity contribution in [1.29, 1.82) is 0 Å². The Balaban J connectivity index is 1.99. The van der Waals surface area contributed by atoms with Gasteiger partial charge in [-0.15, -0.1) is 0 Å². The minimum atomic E-state index is -3.34. The lowest BCUT2D eigenvalue weighted by molar-refractivity contribution is -0.123. The molecule has 0 bridgehead atoms.